The minimum absolute atomic E-state index is 0.129. The van der Waals surface area contributed by atoms with Crippen molar-refractivity contribution in [3.8, 4) is 17.0 Å². The van der Waals surface area contributed by atoms with Gasteiger partial charge in [-0.3, -0.25) is 9.69 Å². The molecule has 1 aromatic carbocycles. The third kappa shape index (κ3) is 3.74. The Labute approximate surface area is 149 Å². The molecule has 2 amide bonds. The van der Waals surface area contributed by atoms with Crippen LogP contribution in [0, 0.1) is 5.82 Å². The first-order chi connectivity index (χ1) is 12.5. The molecule has 0 bridgehead atoms. The molecule has 1 aliphatic rings. The van der Waals surface area contributed by atoms with E-state index >= 15 is 0 Å². The third-order valence-corrected chi connectivity index (χ3v) is 4.11. The zero-order valence-electron chi connectivity index (χ0n) is 14.1. The van der Waals surface area contributed by atoms with Crippen LogP contribution in [-0.4, -0.2) is 36.7 Å². The second-order valence-corrected chi connectivity index (χ2v) is 5.87. The number of primary amides is 1. The largest absolute Gasteiger partial charge is 0.481 e. The summed E-state index contributed by atoms with van der Waals surface area (Å²) in [6.45, 7) is 0.245. The van der Waals surface area contributed by atoms with E-state index < -0.39 is 23.9 Å². The number of hydrogen-bond donors (Lipinski definition) is 1. The van der Waals surface area contributed by atoms with Crippen LogP contribution in [0.5, 0.6) is 5.88 Å². The maximum atomic E-state index is 14.6. The molecule has 1 fully saturated rings. The molecule has 0 spiro atoms. The summed E-state index contributed by atoms with van der Waals surface area (Å²) in [7, 11) is 1.50. The molecule has 8 heteroatoms. The van der Waals surface area contributed by atoms with E-state index in [1.54, 1.807) is 24.3 Å². The third-order valence-electron chi connectivity index (χ3n) is 4.11. The van der Waals surface area contributed by atoms with Gasteiger partial charge in [-0.1, -0.05) is 0 Å². The van der Waals surface area contributed by atoms with Gasteiger partial charge in [0.25, 0.3) is 0 Å². The van der Waals surface area contributed by atoms with E-state index in [1.807, 2.05) is 0 Å². The van der Waals surface area contributed by atoms with Crippen LogP contribution in [0.15, 0.2) is 36.5 Å². The molecule has 2 N–H and O–H groups in total. The number of hydrogen-bond acceptors (Lipinski definition) is 5. The summed E-state index contributed by atoms with van der Waals surface area (Å²) in [6, 6.07) is 7.84. The molecular weight excluding hydrogens is 341 g/mol. The molecule has 1 atom stereocenters. The Morgan fingerprint density at radius 3 is 2.85 bits per heavy atom. The fraction of sp³-hybridized carbons (Fsp3) is 0.278. The minimum Gasteiger partial charge on any atom is -0.481 e. The smallest absolute Gasteiger partial charge is 0.414 e. The Hall–Kier alpha value is -3.16. The number of anilines is 1. The molecule has 0 radical (unpaired) electrons. The second-order valence-electron chi connectivity index (χ2n) is 5.87. The lowest BCUT2D eigenvalue weighted by atomic mass is 10.1. The van der Waals surface area contributed by atoms with Gasteiger partial charge in [-0.05, 0) is 30.7 Å². The van der Waals surface area contributed by atoms with Gasteiger partial charge in [0, 0.05) is 29.8 Å². The van der Waals surface area contributed by atoms with Crippen molar-refractivity contribution in [2.24, 2.45) is 5.73 Å². The summed E-state index contributed by atoms with van der Waals surface area (Å²) in [5, 5.41) is 0. The van der Waals surface area contributed by atoms with E-state index in [2.05, 4.69) is 4.98 Å². The highest BCUT2D eigenvalue weighted by Gasteiger charge is 2.32. The molecule has 1 unspecified atom stereocenters. The average molecular weight is 359 g/mol. The van der Waals surface area contributed by atoms with Crippen LogP contribution in [0.25, 0.3) is 11.1 Å². The first kappa shape index (κ1) is 17.7. The highest BCUT2D eigenvalue weighted by atomic mass is 19.1. The van der Waals surface area contributed by atoms with E-state index in [-0.39, 0.29) is 13.0 Å². The molecule has 3 rings (SSSR count). The number of carbonyl (C=O) groups is 2. The van der Waals surface area contributed by atoms with Crippen LogP contribution < -0.4 is 15.4 Å². The molecule has 2 aromatic rings. The first-order valence-corrected chi connectivity index (χ1v) is 8.04. The predicted molar refractivity (Wildman–Crippen MR) is 92.2 cm³/mol. The Balaban J connectivity index is 1.76. The van der Waals surface area contributed by atoms with E-state index in [0.29, 0.717) is 29.1 Å². The number of nitrogens with zero attached hydrogens (tertiary/aromatic N) is 2. The topological polar surface area (TPSA) is 94.8 Å². The summed E-state index contributed by atoms with van der Waals surface area (Å²) in [6.07, 6.45) is 0.973. The number of ether oxygens (including phenoxy) is 2. The number of benzene rings is 1. The van der Waals surface area contributed by atoms with Crippen molar-refractivity contribution in [1.29, 1.82) is 0 Å². The van der Waals surface area contributed by atoms with Gasteiger partial charge in [0.15, 0.2) is 0 Å². The fourth-order valence-corrected chi connectivity index (χ4v) is 2.75. The number of halogens is 1. The molecule has 0 saturated carbocycles. The number of rotatable bonds is 6. The zero-order chi connectivity index (χ0) is 18.7. The van der Waals surface area contributed by atoms with Crippen LogP contribution in [0.3, 0.4) is 0 Å². The van der Waals surface area contributed by atoms with E-state index in [4.69, 9.17) is 15.2 Å². The number of methoxy groups -OCH3 is 1. The molecule has 1 saturated heterocycles. The lowest BCUT2D eigenvalue weighted by Gasteiger charge is -2.14. The normalized spacial score (nSPS) is 16.5. The molecular formula is C18H18FN3O4. The number of aromatic nitrogens is 1. The highest BCUT2D eigenvalue weighted by Crippen LogP contribution is 2.29. The Bertz CT molecular complexity index is 826. The maximum absolute atomic E-state index is 14.6. The fourth-order valence-electron chi connectivity index (χ4n) is 2.75. The van der Waals surface area contributed by atoms with Crippen LogP contribution in [-0.2, 0) is 9.53 Å². The summed E-state index contributed by atoms with van der Waals surface area (Å²) in [5.41, 5.74) is 6.45. The van der Waals surface area contributed by atoms with Gasteiger partial charge in [-0.25, -0.2) is 14.2 Å². The number of cyclic esters (lactones) is 1. The number of pyridine rings is 1. The van der Waals surface area contributed by atoms with Crippen molar-refractivity contribution in [3.05, 3.63) is 42.3 Å². The van der Waals surface area contributed by atoms with Crippen molar-refractivity contribution < 1.29 is 23.5 Å². The lowest BCUT2D eigenvalue weighted by molar-refractivity contribution is -0.118. The van der Waals surface area contributed by atoms with Crippen molar-refractivity contribution in [3.63, 3.8) is 0 Å². The predicted octanol–water partition coefficient (Wildman–Crippen LogP) is 2.49. The summed E-state index contributed by atoms with van der Waals surface area (Å²) >= 11 is 0. The van der Waals surface area contributed by atoms with Crippen molar-refractivity contribution in [2.75, 3.05) is 18.6 Å². The van der Waals surface area contributed by atoms with Crippen molar-refractivity contribution >= 4 is 17.7 Å². The standard InChI is InChI=1S/C18H18FN3O4/c1-25-17-7-2-11(9-21-17)14-5-3-12(8-15(14)19)22-10-13(26-18(22)24)4-6-16(20)23/h2-3,5,7-9,13H,4,6,10H2,1H3,(H2,20,23). The van der Waals surface area contributed by atoms with Crippen molar-refractivity contribution in [1.82, 2.24) is 4.98 Å². The van der Waals surface area contributed by atoms with Gasteiger partial charge >= 0.3 is 6.09 Å². The summed E-state index contributed by atoms with van der Waals surface area (Å²) in [4.78, 5) is 28.3. The number of amides is 2. The maximum Gasteiger partial charge on any atom is 0.414 e. The van der Waals surface area contributed by atoms with Gasteiger partial charge in [-0.15, -0.1) is 0 Å². The van der Waals surface area contributed by atoms with Gasteiger partial charge in [0.05, 0.1) is 19.3 Å². The van der Waals surface area contributed by atoms with Gasteiger partial charge in [0.1, 0.15) is 11.9 Å². The van der Waals surface area contributed by atoms with Crippen molar-refractivity contribution in [2.45, 2.75) is 18.9 Å². The second kappa shape index (κ2) is 7.38. The van der Waals surface area contributed by atoms with E-state index in [9.17, 15) is 14.0 Å². The molecule has 136 valence electrons. The Kier molecular flexibility index (Phi) is 5.01. The molecule has 1 aliphatic heterocycles. The zero-order valence-corrected chi connectivity index (χ0v) is 14.1. The van der Waals surface area contributed by atoms with Gasteiger partial charge in [0.2, 0.25) is 11.8 Å². The van der Waals surface area contributed by atoms with E-state index in [1.165, 1.54) is 24.3 Å². The van der Waals surface area contributed by atoms with Crippen LogP contribution in [0.1, 0.15) is 12.8 Å². The highest BCUT2D eigenvalue weighted by molar-refractivity contribution is 5.90. The number of nitrogens with two attached hydrogens (primary N) is 1. The average Bonchev–Trinajstić information content (AvgIpc) is 3.01. The van der Waals surface area contributed by atoms with Crippen LogP contribution in [0.4, 0.5) is 14.9 Å². The summed E-state index contributed by atoms with van der Waals surface area (Å²) in [5.74, 6) is -0.501. The monoisotopic (exact) mass is 359 g/mol. The minimum atomic E-state index is -0.572. The van der Waals surface area contributed by atoms with Gasteiger partial charge in [-0.2, -0.15) is 0 Å². The molecule has 1 aromatic heterocycles. The Morgan fingerprint density at radius 2 is 2.23 bits per heavy atom. The SMILES string of the molecule is COc1ccc(-c2ccc(N3CC(CCC(N)=O)OC3=O)cc2F)cn1. The molecule has 2 heterocycles. The number of carbonyl (C=O) groups excluding carboxylic acids is 2. The molecule has 0 aliphatic carbocycles. The van der Waals surface area contributed by atoms with E-state index in [0.717, 1.165) is 0 Å². The molecule has 7 nitrogen and oxygen atoms in total. The van der Waals surface area contributed by atoms with Gasteiger partial charge < -0.3 is 15.2 Å². The van der Waals surface area contributed by atoms with Crippen LogP contribution in [0.2, 0.25) is 0 Å². The quantitative estimate of drug-likeness (QED) is 0.855. The summed E-state index contributed by atoms with van der Waals surface area (Å²) < 4.78 is 24.7. The Morgan fingerprint density at radius 1 is 1.42 bits per heavy atom. The lowest BCUT2D eigenvalue weighted by Crippen LogP contribution is -2.25. The van der Waals surface area contributed by atoms with Crippen LogP contribution >= 0.6 is 0 Å². The first-order valence-electron chi connectivity index (χ1n) is 8.04. The molecule has 26 heavy (non-hydrogen) atoms.